The van der Waals surface area contributed by atoms with Crippen molar-refractivity contribution in [1.29, 1.82) is 5.26 Å². The van der Waals surface area contributed by atoms with Crippen molar-refractivity contribution in [1.82, 2.24) is 4.90 Å². The summed E-state index contributed by atoms with van der Waals surface area (Å²) in [6.45, 7) is 1.90. The minimum absolute atomic E-state index is 0.0611. The number of rotatable bonds is 6. The Labute approximate surface area is 212 Å². The number of thioether (sulfide) groups is 1. The van der Waals surface area contributed by atoms with Crippen LogP contribution in [-0.4, -0.2) is 42.2 Å². The SMILES string of the molecule is COC(=O)C[C@@H]1SC2=C(C(=O)Nc3cccc(C)c3)[C@H](c3ccc(OC)cc3)C(C#N)=C(N)N2C1=O. The van der Waals surface area contributed by atoms with Gasteiger partial charge in [0.1, 0.15) is 16.8 Å². The fraction of sp³-hybridized carbons (Fsp3) is 0.231. The van der Waals surface area contributed by atoms with Gasteiger partial charge >= 0.3 is 5.97 Å². The van der Waals surface area contributed by atoms with Crippen molar-refractivity contribution in [3.8, 4) is 11.8 Å². The number of benzene rings is 2. The van der Waals surface area contributed by atoms with Crippen LogP contribution in [-0.2, 0) is 19.1 Å². The average molecular weight is 505 g/mol. The predicted octanol–water partition coefficient (Wildman–Crippen LogP) is 3.15. The number of nitrogens with zero attached hydrogens (tertiary/aromatic N) is 2. The van der Waals surface area contributed by atoms with Crippen molar-refractivity contribution in [2.45, 2.75) is 24.5 Å². The van der Waals surface area contributed by atoms with Crippen molar-refractivity contribution < 1.29 is 23.9 Å². The van der Waals surface area contributed by atoms with E-state index in [4.69, 9.17) is 15.2 Å². The van der Waals surface area contributed by atoms with Crippen LogP contribution in [0.3, 0.4) is 0 Å². The number of anilines is 1. The Morgan fingerprint density at radius 2 is 1.92 bits per heavy atom. The number of carbonyl (C=O) groups excluding carboxylic acids is 3. The number of nitriles is 1. The molecule has 2 aromatic rings. The van der Waals surface area contributed by atoms with E-state index in [1.807, 2.05) is 25.1 Å². The lowest BCUT2D eigenvalue weighted by atomic mass is 9.82. The van der Waals surface area contributed by atoms with Crippen LogP contribution in [0.25, 0.3) is 0 Å². The standard InChI is InChI=1S/C26H24N4O5S/c1-14-5-4-6-16(11-14)29-24(32)22-21(15-7-9-17(34-2)10-8-15)18(13-27)23(28)30-25(33)19(36-26(22)30)12-20(31)35-3/h4-11,19,21H,12,28H2,1-3H3,(H,29,32)/t19-,21+/m0/s1. The molecule has 0 aromatic heterocycles. The highest BCUT2D eigenvalue weighted by Crippen LogP contribution is 2.50. The fourth-order valence-corrected chi connectivity index (χ4v) is 5.52. The highest BCUT2D eigenvalue weighted by Gasteiger charge is 2.48. The number of methoxy groups -OCH3 is 2. The van der Waals surface area contributed by atoms with Crippen molar-refractivity contribution >= 4 is 35.2 Å². The number of hydrogen-bond donors (Lipinski definition) is 2. The molecule has 3 N–H and O–H groups in total. The Bertz CT molecular complexity index is 1340. The van der Waals surface area contributed by atoms with Crippen molar-refractivity contribution in [2.24, 2.45) is 5.73 Å². The summed E-state index contributed by atoms with van der Waals surface area (Å²) < 4.78 is 9.98. The van der Waals surface area contributed by atoms with Crippen LogP contribution in [0.15, 0.2) is 70.5 Å². The number of allylic oxidation sites excluding steroid dienone is 1. The lowest BCUT2D eigenvalue weighted by Crippen LogP contribution is -2.39. The summed E-state index contributed by atoms with van der Waals surface area (Å²) >= 11 is 1.06. The molecular weight excluding hydrogens is 480 g/mol. The largest absolute Gasteiger partial charge is 0.497 e. The van der Waals surface area contributed by atoms with Crippen molar-refractivity contribution in [2.75, 3.05) is 19.5 Å². The monoisotopic (exact) mass is 504 g/mol. The molecule has 0 radical (unpaired) electrons. The Morgan fingerprint density at radius 1 is 1.19 bits per heavy atom. The van der Waals surface area contributed by atoms with E-state index in [0.29, 0.717) is 17.0 Å². The van der Waals surface area contributed by atoms with Crippen LogP contribution < -0.4 is 15.8 Å². The van der Waals surface area contributed by atoms with Gasteiger partial charge in [-0.2, -0.15) is 5.26 Å². The number of fused-ring (bicyclic) bond motifs is 1. The van der Waals surface area contributed by atoms with Gasteiger partial charge in [-0.15, -0.1) is 0 Å². The molecule has 0 spiro atoms. The summed E-state index contributed by atoms with van der Waals surface area (Å²) in [6.07, 6.45) is -0.199. The number of carbonyl (C=O) groups is 3. The van der Waals surface area contributed by atoms with E-state index in [2.05, 4.69) is 11.4 Å². The van der Waals surface area contributed by atoms with E-state index in [9.17, 15) is 19.6 Å². The zero-order valence-corrected chi connectivity index (χ0v) is 20.7. The first kappa shape index (κ1) is 24.9. The second-order valence-corrected chi connectivity index (χ2v) is 9.41. The molecule has 2 aliphatic heterocycles. The zero-order valence-electron chi connectivity index (χ0n) is 19.9. The minimum Gasteiger partial charge on any atom is -0.497 e. The van der Waals surface area contributed by atoms with E-state index < -0.39 is 29.0 Å². The smallest absolute Gasteiger partial charge is 0.307 e. The van der Waals surface area contributed by atoms with E-state index in [1.54, 1.807) is 30.3 Å². The van der Waals surface area contributed by atoms with Crippen LogP contribution in [0.1, 0.15) is 23.5 Å². The molecule has 0 bridgehead atoms. The molecule has 4 rings (SSSR count). The average Bonchev–Trinajstić information content (AvgIpc) is 3.19. The lowest BCUT2D eigenvalue weighted by Gasteiger charge is -2.32. The molecule has 1 fully saturated rings. The van der Waals surface area contributed by atoms with Gasteiger partial charge in [-0.05, 0) is 42.3 Å². The topological polar surface area (TPSA) is 135 Å². The van der Waals surface area contributed by atoms with Gasteiger partial charge in [0.25, 0.3) is 5.91 Å². The van der Waals surface area contributed by atoms with Crippen LogP contribution in [0.2, 0.25) is 0 Å². The second-order valence-electron chi connectivity index (χ2n) is 8.22. The maximum atomic E-state index is 13.8. The van der Waals surface area contributed by atoms with E-state index in [-0.39, 0.29) is 28.4 Å². The normalized spacial score (nSPS) is 19.1. The number of nitrogens with two attached hydrogens (primary N) is 1. The molecule has 2 atom stereocenters. The summed E-state index contributed by atoms with van der Waals surface area (Å²) in [5.74, 6) is -1.84. The molecule has 2 aromatic carbocycles. The predicted molar refractivity (Wildman–Crippen MR) is 134 cm³/mol. The van der Waals surface area contributed by atoms with Gasteiger partial charge in [0, 0.05) is 5.69 Å². The maximum absolute atomic E-state index is 13.8. The maximum Gasteiger partial charge on any atom is 0.307 e. The number of amides is 2. The third-order valence-corrected chi connectivity index (χ3v) is 7.23. The molecule has 184 valence electrons. The summed E-state index contributed by atoms with van der Waals surface area (Å²) in [5, 5.41) is 12.4. The molecule has 0 saturated carbocycles. The second kappa shape index (κ2) is 10.2. The molecule has 36 heavy (non-hydrogen) atoms. The molecule has 2 heterocycles. The minimum atomic E-state index is -0.845. The van der Waals surface area contributed by atoms with E-state index in [1.165, 1.54) is 19.1 Å². The Morgan fingerprint density at radius 3 is 2.53 bits per heavy atom. The number of aryl methyl sites for hydroxylation is 1. The van der Waals surface area contributed by atoms with Crippen molar-refractivity contribution in [3.05, 3.63) is 81.7 Å². The van der Waals surface area contributed by atoms with Gasteiger partial charge in [-0.25, -0.2) is 0 Å². The molecule has 2 amide bonds. The van der Waals surface area contributed by atoms with Gasteiger partial charge in [0.2, 0.25) is 5.91 Å². The summed E-state index contributed by atoms with van der Waals surface area (Å²) in [6, 6.07) is 16.3. The molecule has 9 nitrogen and oxygen atoms in total. The molecule has 0 aliphatic carbocycles. The molecule has 2 aliphatic rings. The molecule has 10 heteroatoms. The van der Waals surface area contributed by atoms with Crippen LogP contribution >= 0.6 is 11.8 Å². The van der Waals surface area contributed by atoms with Gasteiger partial charge < -0.3 is 20.5 Å². The molecule has 0 unspecified atom stereocenters. The van der Waals surface area contributed by atoms with Crippen LogP contribution in [0, 0.1) is 18.3 Å². The highest BCUT2D eigenvalue weighted by molar-refractivity contribution is 8.04. The molecule has 1 saturated heterocycles. The number of nitrogens with one attached hydrogen (secondary N) is 1. The van der Waals surface area contributed by atoms with E-state index in [0.717, 1.165) is 17.3 Å². The number of ether oxygens (including phenoxy) is 2. The number of hydrogen-bond acceptors (Lipinski definition) is 8. The zero-order chi connectivity index (χ0) is 26.0. The van der Waals surface area contributed by atoms with Crippen LogP contribution in [0.5, 0.6) is 5.75 Å². The number of esters is 1. The first-order valence-electron chi connectivity index (χ1n) is 11.0. The van der Waals surface area contributed by atoms with Gasteiger partial charge in [-0.3, -0.25) is 19.3 Å². The highest BCUT2D eigenvalue weighted by atomic mass is 32.2. The Kier molecular flexibility index (Phi) is 7.03. The third-order valence-electron chi connectivity index (χ3n) is 5.95. The van der Waals surface area contributed by atoms with Crippen molar-refractivity contribution in [3.63, 3.8) is 0 Å². The first-order valence-corrected chi connectivity index (χ1v) is 11.9. The summed E-state index contributed by atoms with van der Waals surface area (Å²) in [7, 11) is 2.78. The third kappa shape index (κ3) is 4.53. The first-order chi connectivity index (χ1) is 17.3. The summed E-state index contributed by atoms with van der Waals surface area (Å²) in [5.41, 5.74) is 8.75. The fourth-order valence-electron chi connectivity index (χ4n) is 4.19. The van der Waals surface area contributed by atoms with Gasteiger partial charge in [0.15, 0.2) is 0 Å². The Hall–Kier alpha value is -4.23. The van der Waals surface area contributed by atoms with Crippen LogP contribution in [0.4, 0.5) is 5.69 Å². The molecular formula is C26H24N4O5S. The quantitative estimate of drug-likeness (QED) is 0.573. The Balaban J connectivity index is 1.87. The summed E-state index contributed by atoms with van der Waals surface area (Å²) in [4.78, 5) is 40.1. The van der Waals surface area contributed by atoms with Gasteiger partial charge in [0.05, 0.1) is 48.8 Å². The lowest BCUT2D eigenvalue weighted by molar-refractivity contribution is -0.142. The van der Waals surface area contributed by atoms with Gasteiger partial charge in [-0.1, -0.05) is 36.0 Å². The van der Waals surface area contributed by atoms with E-state index >= 15 is 0 Å².